The van der Waals surface area contributed by atoms with E-state index in [-0.39, 0.29) is 22.6 Å². The number of benzene rings is 1. The Kier molecular flexibility index (Phi) is 7.91. The molecule has 0 saturated heterocycles. The van der Waals surface area contributed by atoms with Gasteiger partial charge >= 0.3 is 0 Å². The molecule has 166 valence electrons. The topological polar surface area (TPSA) is 73.2 Å². The number of thiophene rings is 1. The molecule has 0 aliphatic carbocycles. The summed E-state index contributed by atoms with van der Waals surface area (Å²) in [5.41, 5.74) is 2.09. The molecule has 2 heterocycles. The van der Waals surface area contributed by atoms with E-state index < -0.39 is 0 Å². The summed E-state index contributed by atoms with van der Waals surface area (Å²) in [5.74, 6) is 0.146. The molecule has 0 unspecified atom stereocenters. The van der Waals surface area contributed by atoms with E-state index in [9.17, 15) is 9.59 Å². The van der Waals surface area contributed by atoms with E-state index in [0.717, 1.165) is 15.3 Å². The van der Waals surface area contributed by atoms with E-state index in [4.69, 9.17) is 9.72 Å². The second-order valence-electron chi connectivity index (χ2n) is 7.62. The molecular weight excluding hydrogens is 430 g/mol. The summed E-state index contributed by atoms with van der Waals surface area (Å²) in [5, 5.41) is 3.86. The van der Waals surface area contributed by atoms with Crippen LogP contribution >= 0.6 is 23.1 Å². The number of methoxy groups -OCH3 is 1. The third-order valence-electron chi connectivity index (χ3n) is 5.38. The molecule has 0 aliphatic rings. The van der Waals surface area contributed by atoms with Crippen LogP contribution in [0, 0.1) is 13.8 Å². The van der Waals surface area contributed by atoms with Crippen molar-refractivity contribution in [3.63, 3.8) is 0 Å². The maximum Gasteiger partial charge on any atom is 0.263 e. The number of nitrogens with one attached hydrogen (secondary N) is 1. The number of thioether (sulfide) groups is 1. The van der Waals surface area contributed by atoms with Crippen molar-refractivity contribution in [2.24, 2.45) is 0 Å². The average molecular weight is 460 g/mol. The molecule has 3 rings (SSSR count). The first-order chi connectivity index (χ1) is 14.8. The summed E-state index contributed by atoms with van der Waals surface area (Å²) in [4.78, 5) is 32.5. The molecule has 0 bridgehead atoms. The highest BCUT2D eigenvalue weighted by atomic mass is 32.2. The molecule has 3 aromatic rings. The Morgan fingerprint density at radius 2 is 1.97 bits per heavy atom. The van der Waals surface area contributed by atoms with Gasteiger partial charge in [-0.2, -0.15) is 0 Å². The number of aryl methyl sites for hydroxylation is 2. The van der Waals surface area contributed by atoms with Crippen LogP contribution in [0.4, 0.5) is 0 Å². The van der Waals surface area contributed by atoms with E-state index in [1.54, 1.807) is 11.7 Å². The van der Waals surface area contributed by atoms with Gasteiger partial charge < -0.3 is 10.1 Å². The molecular formula is C23H29N3O3S2. The number of carbonyl (C=O) groups excluding carboxylic acids is 1. The second kappa shape index (κ2) is 10.4. The van der Waals surface area contributed by atoms with Crippen LogP contribution in [0.2, 0.25) is 0 Å². The molecule has 1 amide bonds. The normalized spacial score (nSPS) is 13.3. The Labute approximate surface area is 191 Å². The first-order valence-electron chi connectivity index (χ1n) is 10.3. The van der Waals surface area contributed by atoms with Gasteiger partial charge in [-0.05, 0) is 37.8 Å². The van der Waals surface area contributed by atoms with E-state index >= 15 is 0 Å². The zero-order valence-corrected chi connectivity index (χ0v) is 20.2. The van der Waals surface area contributed by atoms with Gasteiger partial charge in [-0.3, -0.25) is 14.2 Å². The van der Waals surface area contributed by atoms with Crippen molar-refractivity contribution in [2.75, 3.05) is 20.3 Å². The van der Waals surface area contributed by atoms with Crippen LogP contribution < -0.4 is 10.9 Å². The number of nitrogens with zero attached hydrogens (tertiary/aromatic N) is 2. The molecule has 8 heteroatoms. The molecule has 0 spiro atoms. The van der Waals surface area contributed by atoms with Crippen molar-refractivity contribution in [2.45, 2.75) is 50.6 Å². The molecule has 0 aliphatic heterocycles. The van der Waals surface area contributed by atoms with Crippen LogP contribution in [-0.2, 0) is 16.1 Å². The fraction of sp³-hybridized carbons (Fsp3) is 0.435. The lowest BCUT2D eigenvalue weighted by Gasteiger charge is -2.17. The lowest BCUT2D eigenvalue weighted by Crippen LogP contribution is -2.34. The van der Waals surface area contributed by atoms with Crippen molar-refractivity contribution < 1.29 is 9.53 Å². The highest BCUT2D eigenvalue weighted by Crippen LogP contribution is 2.29. The standard InChI is InChI=1S/C23H29N3O3S2/c1-14(18-9-7-6-8-10-18)13-24-20(27)17(4)31-23-25-21-19(15(2)16(3)30-21)22(28)26(23)11-12-29-5/h6-10,14,17H,11-13H2,1-5H3,(H,24,27)/t14-,17-/m0/s1. The van der Waals surface area contributed by atoms with Gasteiger partial charge in [-0.15, -0.1) is 11.3 Å². The number of ether oxygens (including phenoxy) is 1. The number of amides is 1. The zero-order valence-electron chi connectivity index (χ0n) is 18.6. The number of hydrogen-bond acceptors (Lipinski definition) is 6. The molecule has 0 fully saturated rings. The van der Waals surface area contributed by atoms with Gasteiger partial charge in [0.15, 0.2) is 5.16 Å². The van der Waals surface area contributed by atoms with Crippen LogP contribution in [0.1, 0.15) is 35.8 Å². The average Bonchev–Trinajstić information content (AvgIpc) is 3.05. The smallest absolute Gasteiger partial charge is 0.263 e. The fourth-order valence-electron chi connectivity index (χ4n) is 3.29. The van der Waals surface area contributed by atoms with Crippen molar-refractivity contribution in [3.8, 4) is 0 Å². The lowest BCUT2D eigenvalue weighted by molar-refractivity contribution is -0.120. The van der Waals surface area contributed by atoms with Crippen molar-refractivity contribution in [1.82, 2.24) is 14.9 Å². The number of rotatable bonds is 9. The zero-order chi connectivity index (χ0) is 22.5. The van der Waals surface area contributed by atoms with E-state index in [1.807, 2.05) is 39.0 Å². The second-order valence-corrected chi connectivity index (χ2v) is 10.1. The van der Waals surface area contributed by atoms with Crippen molar-refractivity contribution in [3.05, 3.63) is 56.7 Å². The van der Waals surface area contributed by atoms with Crippen LogP contribution in [-0.4, -0.2) is 41.0 Å². The van der Waals surface area contributed by atoms with Gasteiger partial charge in [0.25, 0.3) is 5.56 Å². The van der Waals surface area contributed by atoms with E-state index in [0.29, 0.717) is 30.2 Å². The Hall–Kier alpha value is -2.16. The molecule has 31 heavy (non-hydrogen) atoms. The summed E-state index contributed by atoms with van der Waals surface area (Å²) >= 11 is 2.83. The van der Waals surface area contributed by atoms with Crippen LogP contribution in [0.5, 0.6) is 0 Å². The first-order valence-corrected chi connectivity index (χ1v) is 12.0. The maximum absolute atomic E-state index is 13.2. The quantitative estimate of drug-likeness (QED) is 0.385. The summed E-state index contributed by atoms with van der Waals surface area (Å²) < 4.78 is 6.82. The maximum atomic E-state index is 13.2. The van der Waals surface area contributed by atoms with Crippen molar-refractivity contribution in [1.29, 1.82) is 0 Å². The number of aromatic nitrogens is 2. The minimum Gasteiger partial charge on any atom is -0.383 e. The molecule has 0 radical (unpaired) electrons. The van der Waals surface area contributed by atoms with Gasteiger partial charge in [-0.25, -0.2) is 4.98 Å². The van der Waals surface area contributed by atoms with Crippen LogP contribution in [0.3, 0.4) is 0 Å². The minimum atomic E-state index is -0.386. The molecule has 6 nitrogen and oxygen atoms in total. The Morgan fingerprint density at radius 3 is 2.65 bits per heavy atom. The fourth-order valence-corrected chi connectivity index (χ4v) is 5.32. The molecule has 2 atom stereocenters. The highest BCUT2D eigenvalue weighted by Gasteiger charge is 2.22. The predicted molar refractivity (Wildman–Crippen MR) is 128 cm³/mol. The largest absolute Gasteiger partial charge is 0.383 e. The molecule has 1 N–H and O–H groups in total. The Bertz CT molecular complexity index is 1110. The van der Waals surface area contributed by atoms with E-state index in [2.05, 4.69) is 24.4 Å². The Balaban J connectivity index is 1.77. The van der Waals surface area contributed by atoms with Crippen LogP contribution in [0.15, 0.2) is 40.3 Å². The SMILES string of the molecule is COCCn1c(S[C@@H](C)C(=O)NC[C@H](C)c2ccccc2)nc2sc(C)c(C)c2c1=O. The molecule has 0 saturated carbocycles. The lowest BCUT2D eigenvalue weighted by atomic mass is 10.0. The van der Waals surface area contributed by atoms with Crippen LogP contribution in [0.25, 0.3) is 10.2 Å². The summed E-state index contributed by atoms with van der Waals surface area (Å²) in [6, 6.07) is 10.1. The summed E-state index contributed by atoms with van der Waals surface area (Å²) in [7, 11) is 1.60. The first kappa shape index (κ1) is 23.5. The van der Waals surface area contributed by atoms with Gasteiger partial charge in [0.1, 0.15) is 4.83 Å². The third-order valence-corrected chi connectivity index (χ3v) is 7.57. The van der Waals surface area contributed by atoms with Crippen molar-refractivity contribution >= 4 is 39.2 Å². The van der Waals surface area contributed by atoms with E-state index in [1.165, 1.54) is 28.7 Å². The van der Waals surface area contributed by atoms with Gasteiger partial charge in [-0.1, -0.05) is 49.0 Å². The van der Waals surface area contributed by atoms with Gasteiger partial charge in [0.2, 0.25) is 5.91 Å². The molecule has 1 aromatic carbocycles. The number of hydrogen-bond donors (Lipinski definition) is 1. The summed E-state index contributed by atoms with van der Waals surface area (Å²) in [6.45, 7) is 9.24. The van der Waals surface area contributed by atoms with Gasteiger partial charge in [0.05, 0.1) is 23.8 Å². The summed E-state index contributed by atoms with van der Waals surface area (Å²) in [6.07, 6.45) is 0. The number of fused-ring (bicyclic) bond motifs is 1. The molecule has 2 aromatic heterocycles. The predicted octanol–water partition coefficient (Wildman–Crippen LogP) is 4.12. The number of carbonyl (C=O) groups is 1. The highest BCUT2D eigenvalue weighted by molar-refractivity contribution is 8.00. The Morgan fingerprint density at radius 1 is 1.26 bits per heavy atom. The minimum absolute atomic E-state index is 0.0704. The monoisotopic (exact) mass is 459 g/mol. The van der Waals surface area contributed by atoms with Gasteiger partial charge in [0, 0.05) is 18.5 Å². The third kappa shape index (κ3) is 5.37.